The molecule has 0 rings (SSSR count). The molecule has 0 aromatic carbocycles. The Balaban J connectivity index is 3.81. The van der Waals surface area contributed by atoms with E-state index < -0.39 is 13.3 Å². The van der Waals surface area contributed by atoms with Gasteiger partial charge in [0.1, 0.15) is 0 Å². The predicted molar refractivity (Wildman–Crippen MR) is 123 cm³/mol. The van der Waals surface area contributed by atoms with Gasteiger partial charge < -0.3 is 4.89 Å². The van der Waals surface area contributed by atoms with Gasteiger partial charge in [0.2, 0.25) is 0 Å². The van der Waals surface area contributed by atoms with Crippen molar-refractivity contribution in [2.45, 2.75) is 122 Å². The van der Waals surface area contributed by atoms with Gasteiger partial charge in [-0.25, -0.2) is 0 Å². The summed E-state index contributed by atoms with van der Waals surface area (Å²) < 4.78 is 12.6. The lowest BCUT2D eigenvalue weighted by atomic mass is 9.99. The molecule has 0 aromatic rings. The second-order valence-corrected chi connectivity index (χ2v) is 10.7. The molecule has 0 amide bonds. The summed E-state index contributed by atoms with van der Waals surface area (Å²) in [5.41, 5.74) is 0. The minimum atomic E-state index is -2.42. The molecule has 0 saturated heterocycles. The molecule has 0 bridgehead atoms. The molecule has 3 nitrogen and oxygen atoms in total. The minimum absolute atomic E-state index is 0.518. The molecule has 0 radical (unpaired) electrons. The minimum Gasteiger partial charge on any atom is -0.590 e. The topological polar surface area (TPSA) is 40.1 Å². The van der Waals surface area contributed by atoms with E-state index in [0.29, 0.717) is 4.48 Å². The molecule has 0 saturated carbocycles. The lowest BCUT2D eigenvalue weighted by Gasteiger charge is -2.39. The van der Waals surface area contributed by atoms with Gasteiger partial charge in [0.15, 0.2) is 0 Å². The van der Waals surface area contributed by atoms with Gasteiger partial charge in [0.05, 0.1) is 21.1 Å². The van der Waals surface area contributed by atoms with E-state index in [9.17, 15) is 9.46 Å². The third-order valence-electron chi connectivity index (χ3n) is 6.08. The largest absolute Gasteiger partial charge is 0.590 e. The second-order valence-electron chi connectivity index (χ2n) is 9.34. The molecule has 0 spiro atoms. The standard InChI is InChI=1S/C24H49NO2P/c1-6-8-9-10-11-12-13-14-15-16-17-18-19-20-21-23-24(22-7-2,28(26)27)25(3,4)5/h13-14H,6-12,15-23H2,1-5H3/q+1/b14-13-. The summed E-state index contributed by atoms with van der Waals surface area (Å²) in [6, 6.07) is 0. The molecule has 4 heteroatoms. The zero-order chi connectivity index (χ0) is 21.3. The van der Waals surface area contributed by atoms with Gasteiger partial charge in [0.25, 0.3) is 5.28 Å². The highest BCUT2D eigenvalue weighted by Crippen LogP contribution is 2.45. The van der Waals surface area contributed by atoms with Gasteiger partial charge in [-0.15, -0.1) is 0 Å². The third-order valence-corrected chi connectivity index (χ3v) is 7.80. The van der Waals surface area contributed by atoms with Gasteiger partial charge >= 0.3 is 8.03 Å². The summed E-state index contributed by atoms with van der Waals surface area (Å²) in [6.07, 6.45) is 23.8. The second kappa shape index (κ2) is 16.5. The van der Waals surface area contributed by atoms with Crippen LogP contribution in [0.5, 0.6) is 0 Å². The molecular formula is C24H49NO2P+. The van der Waals surface area contributed by atoms with Crippen LogP contribution in [0.4, 0.5) is 0 Å². The summed E-state index contributed by atoms with van der Waals surface area (Å²) >= 11 is 0. The Morgan fingerprint density at radius 1 is 0.714 bits per heavy atom. The molecule has 2 unspecified atom stereocenters. The van der Waals surface area contributed by atoms with Crippen LogP contribution in [0.3, 0.4) is 0 Å². The summed E-state index contributed by atoms with van der Waals surface area (Å²) in [5.74, 6) is 0. The van der Waals surface area contributed by atoms with Crippen LogP contribution in [0.2, 0.25) is 0 Å². The monoisotopic (exact) mass is 414 g/mol. The van der Waals surface area contributed by atoms with Crippen molar-refractivity contribution in [2.75, 3.05) is 21.1 Å². The Hall–Kier alpha value is -0.240. The SMILES string of the molecule is CCCCCCC/C=C\CCCCCCCCC(CCC)([P+](=O)[O-])[N+](C)(C)C. The van der Waals surface area contributed by atoms with Crippen LogP contribution in [0.25, 0.3) is 0 Å². The quantitative estimate of drug-likeness (QED) is 0.0960. The molecule has 0 aliphatic rings. The first-order chi connectivity index (χ1) is 13.3. The molecule has 0 aliphatic heterocycles. The van der Waals surface area contributed by atoms with Crippen LogP contribution in [-0.4, -0.2) is 30.9 Å². The van der Waals surface area contributed by atoms with Crippen molar-refractivity contribution < 1.29 is 13.9 Å². The van der Waals surface area contributed by atoms with Crippen molar-refractivity contribution in [3.8, 4) is 0 Å². The zero-order valence-electron chi connectivity index (χ0n) is 19.7. The first-order valence-corrected chi connectivity index (χ1v) is 13.1. The highest BCUT2D eigenvalue weighted by Gasteiger charge is 2.53. The molecule has 0 N–H and O–H groups in total. The Bertz CT molecular complexity index is 417. The fourth-order valence-corrected chi connectivity index (χ4v) is 5.34. The van der Waals surface area contributed by atoms with Crippen LogP contribution in [-0.2, 0) is 4.57 Å². The number of nitrogens with zero attached hydrogens (tertiary/aromatic N) is 1. The Morgan fingerprint density at radius 2 is 1.18 bits per heavy atom. The average molecular weight is 415 g/mol. The number of unbranched alkanes of at least 4 members (excludes halogenated alkanes) is 11. The molecule has 0 aromatic heterocycles. The van der Waals surface area contributed by atoms with Gasteiger partial charge in [0, 0.05) is 12.8 Å². The molecule has 2 atom stereocenters. The zero-order valence-corrected chi connectivity index (χ0v) is 20.6. The number of allylic oxidation sites excluding steroid dienone is 2. The van der Waals surface area contributed by atoms with Crippen LogP contribution < -0.4 is 4.89 Å². The molecule has 28 heavy (non-hydrogen) atoms. The summed E-state index contributed by atoms with van der Waals surface area (Å²) in [4.78, 5) is 12.1. The van der Waals surface area contributed by atoms with Crippen molar-refractivity contribution >= 4 is 8.03 Å². The fraction of sp³-hybridized carbons (Fsp3) is 0.917. The fourth-order valence-electron chi connectivity index (χ4n) is 4.10. The van der Waals surface area contributed by atoms with Crippen LogP contribution in [0.1, 0.15) is 117 Å². The van der Waals surface area contributed by atoms with Gasteiger partial charge in [-0.1, -0.05) is 81.9 Å². The van der Waals surface area contributed by atoms with E-state index in [0.717, 1.165) is 32.1 Å². The molecule has 0 heterocycles. The number of quaternary nitrogens is 1. The molecule has 0 aliphatic carbocycles. The van der Waals surface area contributed by atoms with Gasteiger partial charge in [-0.05, 0) is 38.5 Å². The van der Waals surface area contributed by atoms with E-state index in [2.05, 4.69) is 26.0 Å². The molecular weight excluding hydrogens is 365 g/mol. The van der Waals surface area contributed by atoms with E-state index >= 15 is 0 Å². The summed E-state index contributed by atoms with van der Waals surface area (Å²) in [7, 11) is 3.66. The maximum absolute atomic E-state index is 12.1. The Morgan fingerprint density at radius 3 is 1.61 bits per heavy atom. The first kappa shape index (κ1) is 27.8. The lowest BCUT2D eigenvalue weighted by molar-refractivity contribution is -0.910. The van der Waals surface area contributed by atoms with Crippen molar-refractivity contribution in [3.05, 3.63) is 12.2 Å². The van der Waals surface area contributed by atoms with E-state index in [1.165, 1.54) is 70.6 Å². The maximum Gasteiger partial charge on any atom is 0.376 e. The molecule has 0 fully saturated rings. The number of rotatable bonds is 19. The van der Waals surface area contributed by atoms with Crippen molar-refractivity contribution in [1.82, 2.24) is 0 Å². The van der Waals surface area contributed by atoms with Gasteiger partial charge in [-0.2, -0.15) is 0 Å². The first-order valence-electron chi connectivity index (χ1n) is 11.9. The van der Waals surface area contributed by atoms with Crippen molar-refractivity contribution in [3.63, 3.8) is 0 Å². The van der Waals surface area contributed by atoms with Crippen LogP contribution in [0, 0.1) is 0 Å². The van der Waals surface area contributed by atoms with Crippen molar-refractivity contribution in [1.29, 1.82) is 0 Å². The van der Waals surface area contributed by atoms with E-state index in [1.807, 2.05) is 21.1 Å². The van der Waals surface area contributed by atoms with E-state index in [-0.39, 0.29) is 0 Å². The number of hydrogen-bond donors (Lipinski definition) is 0. The Kier molecular flexibility index (Phi) is 16.4. The maximum atomic E-state index is 12.1. The smallest absolute Gasteiger partial charge is 0.376 e. The van der Waals surface area contributed by atoms with Gasteiger partial charge in [-0.3, -0.25) is 4.48 Å². The molecule has 166 valence electrons. The third kappa shape index (κ3) is 11.7. The Labute approximate surface area is 177 Å². The van der Waals surface area contributed by atoms with E-state index in [1.54, 1.807) is 0 Å². The van der Waals surface area contributed by atoms with Crippen LogP contribution in [0.15, 0.2) is 12.2 Å². The highest BCUT2D eigenvalue weighted by atomic mass is 31.1. The summed E-state index contributed by atoms with van der Waals surface area (Å²) in [5, 5.41) is -0.592. The predicted octanol–water partition coefficient (Wildman–Crippen LogP) is 7.33. The summed E-state index contributed by atoms with van der Waals surface area (Å²) in [6.45, 7) is 4.35. The number of hydrogen-bond acceptors (Lipinski definition) is 2. The van der Waals surface area contributed by atoms with Crippen LogP contribution >= 0.6 is 8.03 Å². The normalized spacial score (nSPS) is 15.1. The average Bonchev–Trinajstić information content (AvgIpc) is 2.62. The van der Waals surface area contributed by atoms with Crippen molar-refractivity contribution in [2.24, 2.45) is 0 Å². The lowest BCUT2D eigenvalue weighted by Crippen LogP contribution is -2.55. The highest BCUT2D eigenvalue weighted by molar-refractivity contribution is 7.38. The van der Waals surface area contributed by atoms with E-state index in [4.69, 9.17) is 0 Å².